The molecule has 0 bridgehead atoms. The number of rotatable bonds is 1. The van der Waals surface area contributed by atoms with Crippen LogP contribution in [0.3, 0.4) is 0 Å². The molecule has 1 fully saturated rings. The molecule has 0 spiro atoms. The Balaban J connectivity index is 2.06. The molecule has 2 heteroatoms. The highest BCUT2D eigenvalue weighted by atomic mass is 16.7. The maximum atomic E-state index is 5.86. The van der Waals surface area contributed by atoms with E-state index >= 15 is 0 Å². The van der Waals surface area contributed by atoms with E-state index in [0.717, 1.165) is 5.56 Å². The van der Waals surface area contributed by atoms with Gasteiger partial charge in [0, 0.05) is 5.56 Å². The van der Waals surface area contributed by atoms with Crippen molar-refractivity contribution in [2.24, 2.45) is 0 Å². The van der Waals surface area contributed by atoms with Crippen LogP contribution in [0.25, 0.3) is 10.8 Å². The topological polar surface area (TPSA) is 18.5 Å². The molecule has 1 aliphatic heterocycles. The number of ether oxygens (including phenoxy) is 2. The summed E-state index contributed by atoms with van der Waals surface area (Å²) in [5.74, 6) is -0.594. The molecule has 88 valence electrons. The molecule has 0 unspecified atom stereocenters. The van der Waals surface area contributed by atoms with Gasteiger partial charge in [0.05, 0.1) is 12.7 Å². The van der Waals surface area contributed by atoms with Crippen LogP contribution in [0.4, 0.5) is 0 Å². The lowest BCUT2D eigenvalue weighted by Crippen LogP contribution is -2.23. The summed E-state index contributed by atoms with van der Waals surface area (Å²) in [5.41, 5.74) is 1.08. The second-order valence-electron chi connectivity index (χ2n) is 4.75. The molecule has 0 radical (unpaired) electrons. The fraction of sp³-hybridized carbons (Fsp3) is 0.333. The minimum Gasteiger partial charge on any atom is -0.343 e. The van der Waals surface area contributed by atoms with Crippen molar-refractivity contribution in [2.45, 2.75) is 25.7 Å². The highest BCUT2D eigenvalue weighted by Crippen LogP contribution is 2.34. The predicted molar refractivity (Wildman–Crippen MR) is 67.8 cm³/mol. The summed E-state index contributed by atoms with van der Waals surface area (Å²) in [6, 6.07) is 14.7. The smallest absolute Gasteiger partial charge is 0.192 e. The maximum absolute atomic E-state index is 5.86. The highest BCUT2D eigenvalue weighted by molar-refractivity contribution is 5.83. The molecule has 1 aliphatic rings. The molecule has 0 aromatic heterocycles. The molecule has 1 saturated heterocycles. The fourth-order valence-electron chi connectivity index (χ4n) is 2.35. The van der Waals surface area contributed by atoms with Crippen LogP contribution in [-0.2, 0) is 15.3 Å². The van der Waals surface area contributed by atoms with Crippen LogP contribution in [-0.4, -0.2) is 12.7 Å². The van der Waals surface area contributed by atoms with Gasteiger partial charge in [-0.1, -0.05) is 36.4 Å². The molecule has 17 heavy (non-hydrogen) atoms. The fourth-order valence-corrected chi connectivity index (χ4v) is 2.35. The van der Waals surface area contributed by atoms with Crippen LogP contribution >= 0.6 is 0 Å². The second kappa shape index (κ2) is 3.83. The van der Waals surface area contributed by atoms with Gasteiger partial charge in [-0.15, -0.1) is 0 Å². The van der Waals surface area contributed by atoms with Gasteiger partial charge in [0.15, 0.2) is 5.79 Å². The Morgan fingerprint density at radius 1 is 1.12 bits per heavy atom. The summed E-state index contributed by atoms with van der Waals surface area (Å²) in [7, 11) is 0. The first-order chi connectivity index (χ1) is 8.17. The Kier molecular flexibility index (Phi) is 2.42. The third-order valence-corrected chi connectivity index (χ3v) is 3.29. The van der Waals surface area contributed by atoms with E-state index in [2.05, 4.69) is 30.3 Å². The van der Waals surface area contributed by atoms with Crippen LogP contribution in [0.1, 0.15) is 19.4 Å². The molecule has 3 rings (SSSR count). The quantitative estimate of drug-likeness (QED) is 0.744. The molecule has 2 atom stereocenters. The van der Waals surface area contributed by atoms with E-state index in [1.165, 1.54) is 10.8 Å². The van der Waals surface area contributed by atoms with E-state index in [1.807, 2.05) is 26.0 Å². The largest absolute Gasteiger partial charge is 0.343 e. The van der Waals surface area contributed by atoms with Gasteiger partial charge in [-0.2, -0.15) is 0 Å². The number of benzene rings is 2. The van der Waals surface area contributed by atoms with Crippen molar-refractivity contribution in [1.82, 2.24) is 0 Å². The molecule has 0 aliphatic carbocycles. The lowest BCUT2D eigenvalue weighted by atomic mass is 10.0. The average Bonchev–Trinajstić information content (AvgIpc) is 2.70. The zero-order chi connectivity index (χ0) is 11.9. The molecule has 0 saturated carbocycles. The van der Waals surface area contributed by atoms with Crippen molar-refractivity contribution in [3.05, 3.63) is 48.0 Å². The van der Waals surface area contributed by atoms with Gasteiger partial charge in [0.2, 0.25) is 0 Å². The Hall–Kier alpha value is -1.38. The Morgan fingerprint density at radius 3 is 2.59 bits per heavy atom. The number of hydrogen-bond acceptors (Lipinski definition) is 2. The summed E-state index contributed by atoms with van der Waals surface area (Å²) in [6.07, 6.45) is 0.159. The van der Waals surface area contributed by atoms with Crippen LogP contribution in [0.2, 0.25) is 0 Å². The summed E-state index contributed by atoms with van der Waals surface area (Å²) >= 11 is 0. The molecular weight excluding hydrogens is 212 g/mol. The van der Waals surface area contributed by atoms with Crippen molar-refractivity contribution >= 4 is 10.8 Å². The van der Waals surface area contributed by atoms with Crippen molar-refractivity contribution < 1.29 is 9.47 Å². The van der Waals surface area contributed by atoms with Gasteiger partial charge < -0.3 is 9.47 Å². The van der Waals surface area contributed by atoms with Crippen LogP contribution < -0.4 is 0 Å². The average molecular weight is 228 g/mol. The second-order valence-corrected chi connectivity index (χ2v) is 4.75. The summed E-state index contributed by atoms with van der Waals surface area (Å²) in [6.45, 7) is 4.68. The van der Waals surface area contributed by atoms with Crippen molar-refractivity contribution in [3.63, 3.8) is 0 Å². The maximum Gasteiger partial charge on any atom is 0.192 e. The summed E-state index contributed by atoms with van der Waals surface area (Å²) < 4.78 is 11.6. The van der Waals surface area contributed by atoms with Crippen molar-refractivity contribution in [2.75, 3.05) is 6.61 Å². The third kappa shape index (κ3) is 1.84. The third-order valence-electron chi connectivity index (χ3n) is 3.29. The standard InChI is InChI=1S/C15H16O2/c1-11-10-16-15(2,17-11)14-8-7-12-5-3-4-6-13(12)9-14/h3-9,11H,10H2,1-2H3/t11-,15-/m0/s1. The minimum absolute atomic E-state index is 0.159. The SMILES string of the molecule is C[C@H]1CO[C@](C)(c2ccc3ccccc3c2)O1. The van der Waals surface area contributed by atoms with E-state index in [-0.39, 0.29) is 6.10 Å². The lowest BCUT2D eigenvalue weighted by Gasteiger charge is -2.23. The number of hydrogen-bond donors (Lipinski definition) is 0. The molecule has 0 N–H and O–H groups in total. The first-order valence-electron chi connectivity index (χ1n) is 5.98. The minimum atomic E-state index is -0.594. The van der Waals surface area contributed by atoms with Gasteiger partial charge in [0.1, 0.15) is 0 Å². The number of fused-ring (bicyclic) bond motifs is 1. The Labute approximate surface area is 101 Å². The predicted octanol–water partition coefficient (Wildman–Crippen LogP) is 3.45. The molecule has 2 nitrogen and oxygen atoms in total. The first kappa shape index (κ1) is 10.8. The molecule has 0 amide bonds. The van der Waals surface area contributed by atoms with Crippen LogP contribution in [0, 0.1) is 0 Å². The van der Waals surface area contributed by atoms with Crippen LogP contribution in [0.15, 0.2) is 42.5 Å². The van der Waals surface area contributed by atoms with Gasteiger partial charge in [-0.25, -0.2) is 0 Å². The van der Waals surface area contributed by atoms with Crippen molar-refractivity contribution in [3.8, 4) is 0 Å². The zero-order valence-electron chi connectivity index (χ0n) is 10.1. The monoisotopic (exact) mass is 228 g/mol. The molecule has 2 aromatic rings. The van der Waals surface area contributed by atoms with E-state index in [9.17, 15) is 0 Å². The molecular formula is C15H16O2. The van der Waals surface area contributed by atoms with E-state index in [4.69, 9.17) is 9.47 Å². The Morgan fingerprint density at radius 2 is 1.88 bits per heavy atom. The van der Waals surface area contributed by atoms with E-state index in [1.54, 1.807) is 0 Å². The van der Waals surface area contributed by atoms with Gasteiger partial charge in [0.25, 0.3) is 0 Å². The van der Waals surface area contributed by atoms with Gasteiger partial charge >= 0.3 is 0 Å². The molecule has 2 aromatic carbocycles. The zero-order valence-corrected chi connectivity index (χ0v) is 10.1. The highest BCUT2D eigenvalue weighted by Gasteiger charge is 2.36. The van der Waals surface area contributed by atoms with Gasteiger partial charge in [-0.3, -0.25) is 0 Å². The Bertz CT molecular complexity index is 549. The van der Waals surface area contributed by atoms with Crippen molar-refractivity contribution in [1.29, 1.82) is 0 Å². The van der Waals surface area contributed by atoms with E-state index < -0.39 is 5.79 Å². The lowest BCUT2D eigenvalue weighted by molar-refractivity contribution is -0.159. The van der Waals surface area contributed by atoms with E-state index in [0.29, 0.717) is 6.61 Å². The van der Waals surface area contributed by atoms with Gasteiger partial charge in [-0.05, 0) is 30.7 Å². The molecule has 1 heterocycles. The van der Waals surface area contributed by atoms with Crippen LogP contribution in [0.5, 0.6) is 0 Å². The normalized spacial score (nSPS) is 28.7. The summed E-state index contributed by atoms with van der Waals surface area (Å²) in [4.78, 5) is 0. The summed E-state index contributed by atoms with van der Waals surface area (Å²) in [5, 5.41) is 2.46. The first-order valence-corrected chi connectivity index (χ1v) is 5.98.